The first kappa shape index (κ1) is 21.7. The van der Waals surface area contributed by atoms with Crippen LogP contribution in [0.4, 0.5) is 11.4 Å². The van der Waals surface area contributed by atoms with E-state index >= 15 is 0 Å². The number of nitrogens with one attached hydrogen (secondary N) is 2. The molecule has 4 aromatic rings. The van der Waals surface area contributed by atoms with Crippen LogP contribution in [0.25, 0.3) is 5.82 Å². The number of hydrogen-bond donors (Lipinski definition) is 2. The van der Waals surface area contributed by atoms with Crippen LogP contribution in [0.15, 0.2) is 77.5 Å². The number of pyridine rings is 1. The molecule has 2 amide bonds. The zero-order chi connectivity index (χ0) is 22.7. The maximum atomic E-state index is 13.0. The van der Waals surface area contributed by atoms with E-state index in [0.29, 0.717) is 32.4 Å². The summed E-state index contributed by atoms with van der Waals surface area (Å²) in [6, 6.07) is 19.2. The maximum Gasteiger partial charge on any atom is 0.274 e. The first-order chi connectivity index (χ1) is 15.4. The lowest BCUT2D eigenvalue weighted by molar-refractivity contribution is 0.101. The lowest BCUT2D eigenvalue weighted by atomic mass is 10.1. The van der Waals surface area contributed by atoms with E-state index < -0.39 is 0 Å². The lowest BCUT2D eigenvalue weighted by Gasteiger charge is -2.12. The molecule has 0 bridgehead atoms. The van der Waals surface area contributed by atoms with Gasteiger partial charge in [-0.1, -0.05) is 29.8 Å². The summed E-state index contributed by atoms with van der Waals surface area (Å²) in [4.78, 5) is 29.6. The van der Waals surface area contributed by atoms with Crippen LogP contribution >= 0.6 is 27.5 Å². The van der Waals surface area contributed by atoms with Crippen LogP contribution in [0, 0.1) is 6.92 Å². The van der Waals surface area contributed by atoms with Crippen LogP contribution in [0.1, 0.15) is 26.4 Å². The normalized spacial score (nSPS) is 10.6. The van der Waals surface area contributed by atoms with Gasteiger partial charge in [0.05, 0.1) is 5.02 Å². The molecule has 0 unspecified atom stereocenters. The summed E-state index contributed by atoms with van der Waals surface area (Å²) in [7, 11) is 0. The number of hydrogen-bond acceptors (Lipinski definition) is 4. The Labute approximate surface area is 197 Å². The minimum atomic E-state index is -0.380. The van der Waals surface area contributed by atoms with Gasteiger partial charge < -0.3 is 10.6 Å². The van der Waals surface area contributed by atoms with Crippen molar-refractivity contribution < 1.29 is 9.59 Å². The molecule has 0 atom stereocenters. The average molecular weight is 511 g/mol. The molecule has 4 rings (SSSR count). The third-order valence-electron chi connectivity index (χ3n) is 4.62. The number of benzene rings is 2. The number of aryl methyl sites for hydroxylation is 1. The van der Waals surface area contributed by atoms with Gasteiger partial charge in [0.2, 0.25) is 0 Å². The molecule has 0 radical (unpaired) electrons. The van der Waals surface area contributed by atoms with Crippen molar-refractivity contribution in [1.82, 2.24) is 14.8 Å². The lowest BCUT2D eigenvalue weighted by Crippen LogP contribution is -2.18. The fraction of sp³-hybridized carbons (Fsp3) is 0.0435. The first-order valence-corrected chi connectivity index (χ1v) is 10.7. The third kappa shape index (κ3) is 4.71. The topological polar surface area (TPSA) is 88.9 Å². The molecule has 0 aliphatic carbocycles. The number of aromatic nitrogens is 3. The highest BCUT2D eigenvalue weighted by Crippen LogP contribution is 2.24. The Morgan fingerprint density at radius 2 is 1.75 bits per heavy atom. The molecule has 2 aromatic heterocycles. The van der Waals surface area contributed by atoms with E-state index in [4.69, 9.17) is 11.6 Å². The summed E-state index contributed by atoms with van der Waals surface area (Å²) in [6.45, 7) is 1.84. The first-order valence-electron chi connectivity index (χ1n) is 9.57. The Morgan fingerprint density at radius 3 is 2.47 bits per heavy atom. The summed E-state index contributed by atoms with van der Waals surface area (Å²) in [5, 5.41) is 10.4. The second-order valence-electron chi connectivity index (χ2n) is 6.88. The molecule has 7 nitrogen and oxygen atoms in total. The van der Waals surface area contributed by atoms with Gasteiger partial charge in [-0.15, -0.1) is 0 Å². The van der Waals surface area contributed by atoms with E-state index in [2.05, 4.69) is 36.6 Å². The van der Waals surface area contributed by atoms with Gasteiger partial charge in [0.25, 0.3) is 11.8 Å². The van der Waals surface area contributed by atoms with Crippen molar-refractivity contribution in [2.75, 3.05) is 10.6 Å². The van der Waals surface area contributed by atoms with Gasteiger partial charge in [0.1, 0.15) is 10.3 Å². The second-order valence-corrected chi connectivity index (χ2v) is 8.10. The third-order valence-corrected chi connectivity index (χ3v) is 5.30. The van der Waals surface area contributed by atoms with Gasteiger partial charge >= 0.3 is 0 Å². The summed E-state index contributed by atoms with van der Waals surface area (Å²) >= 11 is 9.53. The minimum Gasteiger partial charge on any atom is -0.322 e. The van der Waals surface area contributed by atoms with E-state index in [1.54, 1.807) is 66.9 Å². The van der Waals surface area contributed by atoms with Gasteiger partial charge in [-0.05, 0) is 70.9 Å². The van der Waals surface area contributed by atoms with E-state index in [1.165, 1.54) is 4.68 Å². The van der Waals surface area contributed by atoms with Gasteiger partial charge in [0.15, 0.2) is 5.82 Å². The Hall–Kier alpha value is -3.49. The molecule has 0 aliphatic rings. The summed E-state index contributed by atoms with van der Waals surface area (Å²) in [5.74, 6) is -0.238. The number of halogens is 2. The zero-order valence-corrected chi connectivity index (χ0v) is 19.2. The van der Waals surface area contributed by atoms with Crippen molar-refractivity contribution in [3.05, 3.63) is 99.4 Å². The quantitative estimate of drug-likeness (QED) is 0.371. The van der Waals surface area contributed by atoms with E-state index in [9.17, 15) is 9.59 Å². The maximum absolute atomic E-state index is 13.0. The fourth-order valence-electron chi connectivity index (χ4n) is 3.07. The van der Waals surface area contributed by atoms with E-state index in [1.807, 2.05) is 13.0 Å². The van der Waals surface area contributed by atoms with Crippen LogP contribution in [0.5, 0.6) is 0 Å². The van der Waals surface area contributed by atoms with Crippen LogP contribution in [-0.4, -0.2) is 26.6 Å². The Balaban J connectivity index is 1.54. The van der Waals surface area contributed by atoms with Crippen molar-refractivity contribution in [1.29, 1.82) is 0 Å². The van der Waals surface area contributed by atoms with Gasteiger partial charge in [-0.2, -0.15) is 5.10 Å². The fourth-order valence-corrected chi connectivity index (χ4v) is 3.65. The molecule has 0 spiro atoms. The predicted molar refractivity (Wildman–Crippen MR) is 128 cm³/mol. The molecule has 2 heterocycles. The highest BCUT2D eigenvalue weighted by Gasteiger charge is 2.19. The average Bonchev–Trinajstić information content (AvgIpc) is 3.18. The molecule has 0 aliphatic heterocycles. The number of carbonyl (C=O) groups is 2. The molecule has 2 N–H and O–H groups in total. The SMILES string of the molecule is Cc1cc(NC(=O)c2ccccc2)ccc1NC(=O)c1cc(Br)nn1-c1ncccc1Cl. The molecule has 9 heteroatoms. The largest absolute Gasteiger partial charge is 0.322 e. The van der Waals surface area contributed by atoms with Crippen molar-refractivity contribution >= 4 is 50.7 Å². The van der Waals surface area contributed by atoms with Gasteiger partial charge in [0, 0.05) is 29.2 Å². The Bertz CT molecular complexity index is 1310. The Kier molecular flexibility index (Phi) is 6.34. The number of amides is 2. The molecular formula is C23H17BrClN5O2. The van der Waals surface area contributed by atoms with Crippen molar-refractivity contribution in [2.24, 2.45) is 0 Å². The molecule has 0 saturated carbocycles. The highest BCUT2D eigenvalue weighted by atomic mass is 79.9. The number of rotatable bonds is 5. The van der Waals surface area contributed by atoms with Crippen molar-refractivity contribution in [3.8, 4) is 5.82 Å². The summed E-state index contributed by atoms with van der Waals surface area (Å²) < 4.78 is 1.85. The van der Waals surface area contributed by atoms with Crippen molar-refractivity contribution in [2.45, 2.75) is 6.92 Å². The molecular weight excluding hydrogens is 494 g/mol. The standard InChI is InChI=1S/C23H17BrClN5O2/c1-14-12-16(27-22(31)15-6-3-2-4-7-15)9-10-18(14)28-23(32)19-13-20(24)29-30(19)21-17(25)8-5-11-26-21/h2-13H,1H3,(H,27,31)(H,28,32). The van der Waals surface area contributed by atoms with Crippen LogP contribution in [-0.2, 0) is 0 Å². The minimum absolute atomic E-state index is 0.206. The molecule has 0 saturated heterocycles. The smallest absolute Gasteiger partial charge is 0.274 e. The zero-order valence-electron chi connectivity index (χ0n) is 16.8. The Morgan fingerprint density at radius 1 is 0.969 bits per heavy atom. The predicted octanol–water partition coefficient (Wildman–Crippen LogP) is 5.50. The molecule has 2 aromatic carbocycles. The molecule has 32 heavy (non-hydrogen) atoms. The molecule has 160 valence electrons. The van der Waals surface area contributed by atoms with Crippen LogP contribution in [0.2, 0.25) is 5.02 Å². The molecule has 0 fully saturated rings. The summed E-state index contributed by atoms with van der Waals surface area (Å²) in [5.41, 5.74) is 2.84. The number of anilines is 2. The van der Waals surface area contributed by atoms with E-state index in [-0.39, 0.29) is 17.5 Å². The van der Waals surface area contributed by atoms with Crippen LogP contribution < -0.4 is 10.6 Å². The second kappa shape index (κ2) is 9.33. The van der Waals surface area contributed by atoms with E-state index in [0.717, 1.165) is 5.56 Å². The van der Waals surface area contributed by atoms with Crippen LogP contribution in [0.3, 0.4) is 0 Å². The monoisotopic (exact) mass is 509 g/mol. The summed E-state index contributed by atoms with van der Waals surface area (Å²) in [6.07, 6.45) is 1.57. The highest BCUT2D eigenvalue weighted by molar-refractivity contribution is 9.10. The number of carbonyl (C=O) groups excluding carboxylic acids is 2. The number of nitrogens with zero attached hydrogens (tertiary/aromatic N) is 3. The van der Waals surface area contributed by atoms with Crippen molar-refractivity contribution in [3.63, 3.8) is 0 Å². The van der Waals surface area contributed by atoms with Gasteiger partial charge in [-0.25, -0.2) is 9.67 Å². The van der Waals surface area contributed by atoms with Gasteiger partial charge in [-0.3, -0.25) is 9.59 Å².